The van der Waals surface area contributed by atoms with Crippen LogP contribution in [0.1, 0.15) is 6.92 Å². The Bertz CT molecular complexity index is 538. The molecular weight excluding hydrogens is 306 g/mol. The van der Waals surface area contributed by atoms with Gasteiger partial charge in [-0.25, -0.2) is 0 Å². The fourth-order valence-corrected chi connectivity index (χ4v) is 2.38. The minimum absolute atomic E-state index is 0.394. The minimum atomic E-state index is -1.35. The van der Waals surface area contributed by atoms with Crippen LogP contribution in [-0.4, -0.2) is 65.6 Å². The molecule has 1 fully saturated rings. The van der Waals surface area contributed by atoms with Gasteiger partial charge in [0.1, 0.15) is 35.9 Å². The van der Waals surface area contributed by atoms with E-state index in [1.54, 1.807) is 24.3 Å². The van der Waals surface area contributed by atoms with Crippen molar-refractivity contribution in [3.63, 3.8) is 0 Å². The van der Waals surface area contributed by atoms with Crippen LogP contribution >= 0.6 is 0 Å². The third kappa shape index (κ3) is 4.11. The lowest BCUT2D eigenvalue weighted by molar-refractivity contribution is -0.244. The fraction of sp³-hybridized carbons (Fsp3) is 0.533. The van der Waals surface area contributed by atoms with Crippen molar-refractivity contribution in [1.82, 2.24) is 5.32 Å². The Morgan fingerprint density at radius 2 is 2.00 bits per heavy atom. The Morgan fingerprint density at radius 1 is 1.30 bits per heavy atom. The van der Waals surface area contributed by atoms with Crippen LogP contribution in [0.2, 0.25) is 0 Å². The molecule has 0 aromatic heterocycles. The Hall–Kier alpha value is -1.87. The molecule has 2 rings (SSSR count). The van der Waals surface area contributed by atoms with E-state index >= 15 is 0 Å². The maximum absolute atomic E-state index is 11.3. The zero-order chi connectivity index (χ0) is 17.0. The van der Waals surface area contributed by atoms with Crippen molar-refractivity contribution < 1.29 is 34.3 Å². The first kappa shape index (κ1) is 17.5. The zero-order valence-corrected chi connectivity index (χ0v) is 12.9. The normalized spacial score (nSPS) is 30.6. The van der Waals surface area contributed by atoms with Gasteiger partial charge in [-0.1, -0.05) is 6.07 Å². The van der Waals surface area contributed by atoms with Gasteiger partial charge in [-0.15, -0.1) is 0 Å². The molecule has 1 amide bonds. The van der Waals surface area contributed by atoms with Gasteiger partial charge in [-0.05, 0) is 12.1 Å². The van der Waals surface area contributed by atoms with E-state index in [0.29, 0.717) is 11.5 Å². The van der Waals surface area contributed by atoms with Gasteiger partial charge in [-0.3, -0.25) is 4.79 Å². The summed E-state index contributed by atoms with van der Waals surface area (Å²) in [6, 6.07) is 5.71. The molecule has 0 bridgehead atoms. The van der Waals surface area contributed by atoms with E-state index in [-0.39, 0.29) is 0 Å². The number of aliphatic hydroxyl groups is 3. The molecule has 4 N–H and O–H groups in total. The molecule has 1 aliphatic heterocycles. The number of aliphatic hydroxyl groups excluding tert-OH is 3. The molecule has 1 heterocycles. The second-order valence-electron chi connectivity index (χ2n) is 5.23. The number of methoxy groups -OCH3 is 1. The zero-order valence-electron chi connectivity index (χ0n) is 12.9. The summed E-state index contributed by atoms with van der Waals surface area (Å²) in [4.78, 5) is 11.3. The summed E-state index contributed by atoms with van der Waals surface area (Å²) >= 11 is 0. The average Bonchev–Trinajstić information content (AvgIpc) is 2.54. The van der Waals surface area contributed by atoms with Gasteiger partial charge in [0.25, 0.3) is 0 Å². The number of amides is 1. The smallest absolute Gasteiger partial charge is 0.223 e. The van der Waals surface area contributed by atoms with Gasteiger partial charge in [-0.2, -0.15) is 0 Å². The molecule has 1 aromatic rings. The van der Waals surface area contributed by atoms with Gasteiger partial charge < -0.3 is 34.8 Å². The Labute approximate surface area is 133 Å². The Morgan fingerprint density at radius 3 is 2.61 bits per heavy atom. The van der Waals surface area contributed by atoms with Crippen LogP contribution in [0, 0.1) is 0 Å². The van der Waals surface area contributed by atoms with E-state index in [1.807, 2.05) is 0 Å². The van der Waals surface area contributed by atoms with Gasteiger partial charge in [0, 0.05) is 13.0 Å². The second-order valence-corrected chi connectivity index (χ2v) is 5.23. The Balaban J connectivity index is 2.21. The number of carbonyl (C=O) groups is 1. The highest BCUT2D eigenvalue weighted by atomic mass is 16.7. The number of nitrogens with one attached hydrogen (secondary N) is 1. The van der Waals surface area contributed by atoms with Gasteiger partial charge in [0.15, 0.2) is 0 Å². The van der Waals surface area contributed by atoms with E-state index in [4.69, 9.17) is 14.2 Å². The number of benzene rings is 1. The lowest BCUT2D eigenvalue weighted by Crippen LogP contribution is -2.65. The topological polar surface area (TPSA) is 117 Å². The van der Waals surface area contributed by atoms with Gasteiger partial charge >= 0.3 is 0 Å². The van der Waals surface area contributed by atoms with Crippen molar-refractivity contribution >= 4 is 5.91 Å². The molecule has 0 radical (unpaired) electrons. The molecule has 8 heteroatoms. The summed E-state index contributed by atoms with van der Waals surface area (Å²) < 4.78 is 16.2. The summed E-state index contributed by atoms with van der Waals surface area (Å²) in [5.74, 6) is 0.546. The number of hydrogen-bond acceptors (Lipinski definition) is 7. The van der Waals surface area contributed by atoms with Crippen LogP contribution in [0.4, 0.5) is 0 Å². The van der Waals surface area contributed by atoms with Crippen molar-refractivity contribution in [3.8, 4) is 11.5 Å². The first-order chi connectivity index (χ1) is 11.0. The lowest BCUT2D eigenvalue weighted by Gasteiger charge is -2.42. The quantitative estimate of drug-likeness (QED) is 0.549. The SMILES string of the molecule is COc1cccc(OC2OC(CO)C(O)C(O)C2NC(C)=O)c1. The van der Waals surface area contributed by atoms with Gasteiger partial charge in [0.2, 0.25) is 12.2 Å². The molecule has 5 unspecified atom stereocenters. The molecule has 23 heavy (non-hydrogen) atoms. The van der Waals surface area contributed by atoms with Crippen LogP contribution in [0.3, 0.4) is 0 Å². The average molecular weight is 327 g/mol. The van der Waals surface area contributed by atoms with Crippen LogP contribution in [0.5, 0.6) is 11.5 Å². The van der Waals surface area contributed by atoms with E-state index in [1.165, 1.54) is 14.0 Å². The molecule has 1 saturated heterocycles. The molecule has 5 atom stereocenters. The van der Waals surface area contributed by atoms with Crippen molar-refractivity contribution in [3.05, 3.63) is 24.3 Å². The summed E-state index contributed by atoms with van der Waals surface area (Å²) in [6.45, 7) is 0.781. The van der Waals surface area contributed by atoms with E-state index in [9.17, 15) is 20.1 Å². The van der Waals surface area contributed by atoms with E-state index in [0.717, 1.165) is 0 Å². The number of carbonyl (C=O) groups excluding carboxylic acids is 1. The third-order valence-electron chi connectivity index (χ3n) is 3.54. The van der Waals surface area contributed by atoms with Gasteiger partial charge in [0.05, 0.1) is 13.7 Å². The van der Waals surface area contributed by atoms with Crippen LogP contribution < -0.4 is 14.8 Å². The predicted molar refractivity (Wildman–Crippen MR) is 79.0 cm³/mol. The third-order valence-corrected chi connectivity index (χ3v) is 3.54. The second kappa shape index (κ2) is 7.60. The van der Waals surface area contributed by atoms with E-state index in [2.05, 4.69) is 5.32 Å². The summed E-state index contributed by atoms with van der Waals surface area (Å²) in [7, 11) is 1.51. The Kier molecular flexibility index (Phi) is 5.78. The predicted octanol–water partition coefficient (Wildman–Crippen LogP) is -0.982. The number of hydrogen-bond donors (Lipinski definition) is 4. The van der Waals surface area contributed by atoms with Crippen molar-refractivity contribution in [2.45, 2.75) is 37.6 Å². The summed E-state index contributed by atoms with van der Waals surface area (Å²) in [6.07, 6.45) is -4.80. The first-order valence-electron chi connectivity index (χ1n) is 7.16. The van der Waals surface area contributed by atoms with Crippen molar-refractivity contribution in [2.24, 2.45) is 0 Å². The molecule has 8 nitrogen and oxygen atoms in total. The largest absolute Gasteiger partial charge is 0.497 e. The standard InChI is InChI=1S/C15H21NO7/c1-8(18)16-12-14(20)13(19)11(7-17)23-15(12)22-10-5-3-4-9(6-10)21-2/h3-6,11-15,17,19-20H,7H2,1-2H3,(H,16,18). The van der Waals surface area contributed by atoms with Crippen LogP contribution in [-0.2, 0) is 9.53 Å². The minimum Gasteiger partial charge on any atom is -0.497 e. The first-order valence-corrected chi connectivity index (χ1v) is 7.16. The highest BCUT2D eigenvalue weighted by Gasteiger charge is 2.46. The summed E-state index contributed by atoms with van der Waals surface area (Å²) in [5.41, 5.74) is 0. The van der Waals surface area contributed by atoms with Crippen molar-refractivity contribution in [1.29, 1.82) is 0 Å². The maximum Gasteiger partial charge on any atom is 0.223 e. The molecule has 0 spiro atoms. The molecule has 0 aliphatic carbocycles. The molecule has 128 valence electrons. The lowest BCUT2D eigenvalue weighted by atomic mass is 9.97. The molecular formula is C15H21NO7. The van der Waals surface area contributed by atoms with Crippen LogP contribution in [0.15, 0.2) is 24.3 Å². The van der Waals surface area contributed by atoms with Crippen molar-refractivity contribution in [2.75, 3.05) is 13.7 Å². The highest BCUT2D eigenvalue weighted by Crippen LogP contribution is 2.26. The molecule has 1 aliphatic rings. The maximum atomic E-state index is 11.3. The summed E-state index contributed by atoms with van der Waals surface area (Å²) in [5, 5.41) is 31.8. The monoisotopic (exact) mass is 327 g/mol. The number of ether oxygens (including phenoxy) is 3. The van der Waals surface area contributed by atoms with E-state index < -0.39 is 43.2 Å². The molecule has 1 aromatic carbocycles. The molecule has 0 saturated carbocycles. The van der Waals surface area contributed by atoms with Crippen LogP contribution in [0.25, 0.3) is 0 Å². The highest BCUT2D eigenvalue weighted by molar-refractivity contribution is 5.73. The number of rotatable bonds is 5. The fourth-order valence-electron chi connectivity index (χ4n) is 2.38.